The van der Waals surface area contributed by atoms with Crippen LogP contribution in [-0.2, 0) is 6.42 Å². The Hall–Kier alpha value is -2.80. The van der Waals surface area contributed by atoms with Gasteiger partial charge in [-0.3, -0.25) is 4.79 Å². The van der Waals surface area contributed by atoms with E-state index in [-0.39, 0.29) is 5.91 Å². The number of hydrogen-bond donors (Lipinski definition) is 1. The third-order valence-electron chi connectivity index (χ3n) is 7.40. The minimum absolute atomic E-state index is 0.0817. The number of nitrogens with two attached hydrogens (primary N) is 1. The standard InChI is InChI=1S/C29H32Cl2N4O2/c30-25-7-4-8-26(31)24(25)11-16-37-27-18-22(19-33-28(27)32)20-5-3-6-21(17-20)29(36)35-14-9-23(10-15-35)34-12-1-2-13-34/h3-8,17-19,23H,1-2,9-16H2,(H2,32,33). The number of nitrogens with zero attached hydrogens (tertiary/aromatic N) is 3. The monoisotopic (exact) mass is 538 g/mol. The third kappa shape index (κ3) is 6.03. The molecular weight excluding hydrogens is 507 g/mol. The number of pyridine rings is 1. The number of aromatic nitrogens is 1. The van der Waals surface area contributed by atoms with Gasteiger partial charge in [-0.15, -0.1) is 0 Å². The molecule has 2 aliphatic heterocycles. The van der Waals surface area contributed by atoms with Crippen molar-refractivity contribution < 1.29 is 9.53 Å². The summed E-state index contributed by atoms with van der Waals surface area (Å²) in [7, 11) is 0. The summed E-state index contributed by atoms with van der Waals surface area (Å²) in [4.78, 5) is 22.2. The van der Waals surface area contributed by atoms with Crippen molar-refractivity contribution in [3.63, 3.8) is 0 Å². The molecule has 6 nitrogen and oxygen atoms in total. The lowest BCUT2D eigenvalue weighted by molar-refractivity contribution is 0.0644. The number of ether oxygens (including phenoxy) is 1. The Balaban J connectivity index is 1.24. The number of benzene rings is 2. The highest BCUT2D eigenvalue weighted by atomic mass is 35.5. The lowest BCUT2D eigenvalue weighted by Crippen LogP contribution is -2.45. The van der Waals surface area contributed by atoms with Crippen molar-refractivity contribution in [1.29, 1.82) is 0 Å². The normalized spacial score (nSPS) is 16.8. The molecule has 0 bridgehead atoms. The summed E-state index contributed by atoms with van der Waals surface area (Å²) in [6, 6.07) is 15.6. The Bertz CT molecular complexity index is 1230. The fourth-order valence-electron chi connectivity index (χ4n) is 5.32. The Morgan fingerprint density at radius 1 is 0.973 bits per heavy atom. The van der Waals surface area contributed by atoms with E-state index in [4.69, 9.17) is 33.7 Å². The van der Waals surface area contributed by atoms with Crippen LogP contribution in [0.3, 0.4) is 0 Å². The molecule has 2 aromatic carbocycles. The summed E-state index contributed by atoms with van der Waals surface area (Å²) in [6.07, 6.45) is 6.95. The predicted octanol–water partition coefficient (Wildman–Crippen LogP) is 5.96. The molecule has 0 unspecified atom stereocenters. The second-order valence-electron chi connectivity index (χ2n) is 9.75. The highest BCUT2D eigenvalue weighted by Gasteiger charge is 2.28. The topological polar surface area (TPSA) is 71.7 Å². The van der Waals surface area contributed by atoms with E-state index >= 15 is 0 Å². The number of piperidine rings is 1. The first-order valence-electron chi connectivity index (χ1n) is 12.9. The molecule has 3 aromatic rings. The summed E-state index contributed by atoms with van der Waals surface area (Å²) in [5.74, 6) is 0.877. The van der Waals surface area contributed by atoms with Crippen molar-refractivity contribution in [2.75, 3.05) is 38.5 Å². The van der Waals surface area contributed by atoms with Crippen LogP contribution in [-0.4, -0.2) is 59.5 Å². The fraction of sp³-hybridized carbons (Fsp3) is 0.379. The molecule has 2 aliphatic rings. The molecule has 3 heterocycles. The fourth-order valence-corrected chi connectivity index (χ4v) is 5.90. The highest BCUT2D eigenvalue weighted by molar-refractivity contribution is 6.36. The smallest absolute Gasteiger partial charge is 0.253 e. The Kier molecular flexibility index (Phi) is 8.18. The van der Waals surface area contributed by atoms with Crippen LogP contribution in [0.2, 0.25) is 10.0 Å². The number of rotatable bonds is 7. The minimum Gasteiger partial charge on any atom is -0.489 e. The van der Waals surface area contributed by atoms with Gasteiger partial charge in [0.15, 0.2) is 11.6 Å². The first-order valence-corrected chi connectivity index (χ1v) is 13.7. The third-order valence-corrected chi connectivity index (χ3v) is 8.11. The molecule has 194 valence electrons. The van der Waals surface area contributed by atoms with Gasteiger partial charge in [0, 0.05) is 52.9 Å². The predicted molar refractivity (Wildman–Crippen MR) is 149 cm³/mol. The molecule has 8 heteroatoms. The van der Waals surface area contributed by atoms with E-state index < -0.39 is 0 Å². The number of anilines is 1. The summed E-state index contributed by atoms with van der Waals surface area (Å²) in [6.45, 7) is 4.37. The zero-order valence-electron chi connectivity index (χ0n) is 20.8. The van der Waals surface area contributed by atoms with E-state index in [9.17, 15) is 4.79 Å². The van der Waals surface area contributed by atoms with E-state index in [2.05, 4.69) is 9.88 Å². The molecule has 2 fully saturated rings. The molecule has 2 saturated heterocycles. The summed E-state index contributed by atoms with van der Waals surface area (Å²) in [5, 5.41) is 1.22. The summed E-state index contributed by atoms with van der Waals surface area (Å²) in [5.41, 5.74) is 9.34. The number of carbonyl (C=O) groups is 1. The molecule has 0 radical (unpaired) electrons. The molecule has 37 heavy (non-hydrogen) atoms. The van der Waals surface area contributed by atoms with Crippen LogP contribution in [0.15, 0.2) is 54.7 Å². The van der Waals surface area contributed by atoms with Crippen molar-refractivity contribution >= 4 is 34.9 Å². The second kappa shape index (κ2) is 11.7. The molecule has 0 spiro atoms. The largest absolute Gasteiger partial charge is 0.489 e. The van der Waals surface area contributed by atoms with Crippen LogP contribution in [0.25, 0.3) is 11.1 Å². The van der Waals surface area contributed by atoms with Crippen LogP contribution in [0.5, 0.6) is 5.75 Å². The first-order chi connectivity index (χ1) is 18.0. The van der Waals surface area contributed by atoms with E-state index in [1.807, 2.05) is 53.4 Å². The molecule has 0 aliphatic carbocycles. The van der Waals surface area contributed by atoms with E-state index in [1.54, 1.807) is 6.20 Å². The average molecular weight is 540 g/mol. The van der Waals surface area contributed by atoms with Gasteiger partial charge in [0.1, 0.15) is 0 Å². The minimum atomic E-state index is 0.0817. The first kappa shape index (κ1) is 25.8. The molecule has 5 rings (SSSR count). The molecule has 1 amide bonds. The Morgan fingerprint density at radius 2 is 1.68 bits per heavy atom. The number of nitrogen functional groups attached to an aromatic ring is 1. The van der Waals surface area contributed by atoms with Gasteiger partial charge in [-0.2, -0.15) is 0 Å². The van der Waals surface area contributed by atoms with Gasteiger partial charge < -0.3 is 20.3 Å². The van der Waals surface area contributed by atoms with Crippen molar-refractivity contribution in [2.24, 2.45) is 0 Å². The molecule has 0 saturated carbocycles. The maximum atomic E-state index is 13.3. The zero-order chi connectivity index (χ0) is 25.8. The van der Waals surface area contributed by atoms with E-state index in [1.165, 1.54) is 25.9 Å². The van der Waals surface area contributed by atoms with Gasteiger partial charge in [-0.05, 0) is 80.2 Å². The van der Waals surface area contributed by atoms with Crippen LogP contribution < -0.4 is 10.5 Å². The lowest BCUT2D eigenvalue weighted by Gasteiger charge is -2.36. The van der Waals surface area contributed by atoms with Crippen LogP contribution >= 0.6 is 23.2 Å². The second-order valence-corrected chi connectivity index (χ2v) is 10.6. The van der Waals surface area contributed by atoms with E-state index in [0.29, 0.717) is 46.2 Å². The maximum Gasteiger partial charge on any atom is 0.253 e. The van der Waals surface area contributed by atoms with Gasteiger partial charge in [-0.25, -0.2) is 4.98 Å². The number of hydrogen-bond acceptors (Lipinski definition) is 5. The summed E-state index contributed by atoms with van der Waals surface area (Å²) >= 11 is 12.5. The van der Waals surface area contributed by atoms with Crippen molar-refractivity contribution in [2.45, 2.75) is 38.1 Å². The van der Waals surface area contributed by atoms with Gasteiger partial charge in [-0.1, -0.05) is 41.4 Å². The zero-order valence-corrected chi connectivity index (χ0v) is 22.3. The summed E-state index contributed by atoms with van der Waals surface area (Å²) < 4.78 is 5.95. The van der Waals surface area contributed by atoms with Crippen LogP contribution in [0.4, 0.5) is 5.82 Å². The molecule has 0 atom stereocenters. The van der Waals surface area contributed by atoms with Crippen molar-refractivity contribution in [3.8, 4) is 16.9 Å². The molecular formula is C29H32Cl2N4O2. The number of likely N-dealkylation sites (tertiary alicyclic amines) is 2. The number of halogens is 2. The van der Waals surface area contributed by atoms with E-state index in [0.717, 1.165) is 42.6 Å². The highest BCUT2D eigenvalue weighted by Crippen LogP contribution is 2.30. The quantitative estimate of drug-likeness (QED) is 0.401. The molecule has 2 N–H and O–H groups in total. The van der Waals surface area contributed by atoms with Gasteiger partial charge in [0.25, 0.3) is 5.91 Å². The van der Waals surface area contributed by atoms with Gasteiger partial charge in [0.05, 0.1) is 6.61 Å². The number of amides is 1. The Labute approximate surface area is 228 Å². The lowest BCUT2D eigenvalue weighted by atomic mass is 10.0. The number of carbonyl (C=O) groups excluding carboxylic acids is 1. The SMILES string of the molecule is Nc1ncc(-c2cccc(C(=O)N3CCC(N4CCCC4)CC3)c2)cc1OCCc1c(Cl)cccc1Cl. The Morgan fingerprint density at radius 3 is 2.41 bits per heavy atom. The average Bonchev–Trinajstić information content (AvgIpc) is 3.46. The van der Waals surface area contributed by atoms with Gasteiger partial charge >= 0.3 is 0 Å². The van der Waals surface area contributed by atoms with Crippen LogP contribution in [0, 0.1) is 0 Å². The maximum absolute atomic E-state index is 13.3. The molecule has 1 aromatic heterocycles. The van der Waals surface area contributed by atoms with Gasteiger partial charge in [0.2, 0.25) is 0 Å². The van der Waals surface area contributed by atoms with Crippen molar-refractivity contribution in [3.05, 3.63) is 75.9 Å². The van der Waals surface area contributed by atoms with Crippen molar-refractivity contribution in [1.82, 2.24) is 14.8 Å². The van der Waals surface area contributed by atoms with Crippen LogP contribution in [0.1, 0.15) is 41.6 Å².